The number of rotatable bonds is 6. The molecule has 9 nitrogen and oxygen atoms in total. The third kappa shape index (κ3) is 6.04. The molecule has 1 aromatic carbocycles. The molecule has 2 aliphatic rings. The molecule has 3 aromatic rings. The van der Waals surface area contributed by atoms with Gasteiger partial charge >= 0.3 is 12.2 Å². The zero-order valence-corrected chi connectivity index (χ0v) is 21.6. The molecule has 1 N–H and O–H groups in total. The quantitative estimate of drug-likeness (QED) is 0.502. The summed E-state index contributed by atoms with van der Waals surface area (Å²) < 4.78 is 48.1. The number of nitriles is 1. The van der Waals surface area contributed by atoms with Crippen LogP contribution in [0.3, 0.4) is 0 Å². The minimum atomic E-state index is -4.48. The van der Waals surface area contributed by atoms with Crippen molar-refractivity contribution in [3.63, 3.8) is 0 Å². The second-order valence-electron chi connectivity index (χ2n) is 9.66. The number of benzene rings is 1. The Balaban J connectivity index is 1.52. The second kappa shape index (κ2) is 11.4. The lowest BCUT2D eigenvalue weighted by atomic mass is 10.0. The number of fused-ring (bicyclic) bond motifs is 1. The van der Waals surface area contributed by atoms with Gasteiger partial charge in [0, 0.05) is 55.9 Å². The molecule has 1 fully saturated rings. The van der Waals surface area contributed by atoms with Crippen molar-refractivity contribution in [2.45, 2.75) is 51.6 Å². The van der Waals surface area contributed by atoms with Crippen molar-refractivity contribution in [2.24, 2.45) is 0 Å². The van der Waals surface area contributed by atoms with E-state index in [1.165, 1.54) is 19.1 Å². The summed E-state index contributed by atoms with van der Waals surface area (Å²) in [5.74, 6) is 1.17. The highest BCUT2D eigenvalue weighted by atomic mass is 19.4. The van der Waals surface area contributed by atoms with Crippen molar-refractivity contribution in [2.75, 3.05) is 36.0 Å². The largest absolute Gasteiger partial charge is 0.455 e. The number of hydrogen-bond donors (Lipinski definition) is 1. The zero-order chi connectivity index (χ0) is 27.4. The maximum absolute atomic E-state index is 14.1. The Bertz CT molecular complexity index is 1350. The summed E-state index contributed by atoms with van der Waals surface area (Å²) in [5, 5.41) is 12.6. The van der Waals surface area contributed by atoms with E-state index in [0.717, 1.165) is 5.56 Å². The first-order chi connectivity index (χ1) is 18.8. The van der Waals surface area contributed by atoms with Gasteiger partial charge in [0.1, 0.15) is 5.82 Å². The Morgan fingerprint density at radius 1 is 1.13 bits per heavy atom. The minimum absolute atomic E-state index is 0.0135. The number of aryl methyl sites for hydroxylation is 1. The van der Waals surface area contributed by atoms with E-state index in [1.807, 2.05) is 0 Å². The first kappa shape index (κ1) is 26.6. The number of piperazine rings is 1. The Kier molecular flexibility index (Phi) is 7.79. The maximum Gasteiger partial charge on any atom is 0.418 e. The van der Waals surface area contributed by atoms with Crippen LogP contribution >= 0.6 is 0 Å². The first-order valence-corrected chi connectivity index (χ1v) is 12.9. The third-order valence-electron chi connectivity index (χ3n) is 6.96. The van der Waals surface area contributed by atoms with E-state index in [-0.39, 0.29) is 36.5 Å². The molecule has 0 bridgehead atoms. The molecule has 1 unspecified atom stereocenters. The highest BCUT2D eigenvalue weighted by Crippen LogP contribution is 2.40. The molecule has 5 rings (SSSR count). The van der Waals surface area contributed by atoms with E-state index in [9.17, 15) is 18.4 Å². The number of halogens is 3. The maximum atomic E-state index is 14.1. The fourth-order valence-corrected chi connectivity index (χ4v) is 5.20. The second-order valence-corrected chi connectivity index (χ2v) is 9.66. The molecular formula is C27H29F3N8O. The standard InChI is InChI=1S/C27H29F3N8O/c1-18-5-2-7-22(24(18)27(28,29)30)37-13-3-6-20-21(16-37)35-26(39-17-23-33-10-4-11-34-23)36-25(20)38-14-12-32-19(15-38)8-9-31/h2,4-5,7,10-11,19,32H,3,6,8,12-17H2,1H3. The van der Waals surface area contributed by atoms with Crippen LogP contribution in [0.25, 0.3) is 0 Å². The average Bonchev–Trinajstić information content (AvgIpc) is 3.14. The van der Waals surface area contributed by atoms with Gasteiger partial charge in [-0.1, -0.05) is 12.1 Å². The molecule has 1 atom stereocenters. The molecule has 4 heterocycles. The van der Waals surface area contributed by atoms with Gasteiger partial charge in [0.25, 0.3) is 0 Å². The molecule has 2 aromatic heterocycles. The number of ether oxygens (including phenoxy) is 1. The van der Waals surface area contributed by atoms with Gasteiger partial charge in [-0.05, 0) is 37.5 Å². The summed E-state index contributed by atoms with van der Waals surface area (Å²) in [6.07, 6.45) is 0.364. The van der Waals surface area contributed by atoms with E-state index in [4.69, 9.17) is 9.72 Å². The summed E-state index contributed by atoms with van der Waals surface area (Å²) in [5.41, 5.74) is 1.24. The van der Waals surface area contributed by atoms with Crippen molar-refractivity contribution in [1.82, 2.24) is 25.3 Å². The highest BCUT2D eigenvalue weighted by Gasteiger charge is 2.37. The van der Waals surface area contributed by atoms with Crippen molar-refractivity contribution in [3.8, 4) is 12.1 Å². The number of aromatic nitrogens is 4. The van der Waals surface area contributed by atoms with Gasteiger partial charge in [0.05, 0.1) is 30.3 Å². The van der Waals surface area contributed by atoms with Gasteiger partial charge in [-0.15, -0.1) is 0 Å². The van der Waals surface area contributed by atoms with E-state index in [2.05, 4.69) is 31.2 Å². The predicted octanol–water partition coefficient (Wildman–Crippen LogP) is 3.82. The van der Waals surface area contributed by atoms with Crippen LogP contribution in [0.2, 0.25) is 0 Å². The van der Waals surface area contributed by atoms with Gasteiger partial charge in [0.2, 0.25) is 0 Å². The van der Waals surface area contributed by atoms with Gasteiger partial charge in [-0.25, -0.2) is 9.97 Å². The first-order valence-electron chi connectivity index (χ1n) is 12.9. The number of hydrogen-bond acceptors (Lipinski definition) is 9. The lowest BCUT2D eigenvalue weighted by molar-refractivity contribution is -0.137. The molecule has 0 aliphatic carbocycles. The lowest BCUT2D eigenvalue weighted by Crippen LogP contribution is -2.51. The highest BCUT2D eigenvalue weighted by molar-refractivity contribution is 5.60. The van der Waals surface area contributed by atoms with E-state index in [0.29, 0.717) is 62.8 Å². The fraction of sp³-hybridized carbons (Fsp3) is 0.444. The van der Waals surface area contributed by atoms with Crippen LogP contribution in [0.1, 0.15) is 41.1 Å². The van der Waals surface area contributed by atoms with Crippen molar-refractivity contribution in [1.29, 1.82) is 5.26 Å². The summed E-state index contributed by atoms with van der Waals surface area (Å²) in [6.45, 7) is 4.10. The van der Waals surface area contributed by atoms with Crippen molar-refractivity contribution >= 4 is 11.5 Å². The van der Waals surface area contributed by atoms with Crippen LogP contribution in [0.4, 0.5) is 24.7 Å². The monoisotopic (exact) mass is 538 g/mol. The Labute approximate surface area is 224 Å². The lowest BCUT2D eigenvalue weighted by Gasteiger charge is -2.35. The molecule has 204 valence electrons. The predicted molar refractivity (Wildman–Crippen MR) is 138 cm³/mol. The topological polar surface area (TPSA) is 103 Å². The molecule has 0 amide bonds. The van der Waals surface area contributed by atoms with Crippen LogP contribution < -0.4 is 19.9 Å². The van der Waals surface area contributed by atoms with Crippen molar-refractivity contribution < 1.29 is 17.9 Å². The smallest absolute Gasteiger partial charge is 0.418 e. The normalized spacial score (nSPS) is 17.8. The minimum Gasteiger partial charge on any atom is -0.455 e. The van der Waals surface area contributed by atoms with E-state index >= 15 is 0 Å². The van der Waals surface area contributed by atoms with Crippen LogP contribution in [0.15, 0.2) is 36.7 Å². The number of nitrogens with zero attached hydrogens (tertiary/aromatic N) is 7. The van der Waals surface area contributed by atoms with Gasteiger partial charge in [-0.2, -0.15) is 28.4 Å². The molecule has 12 heteroatoms. The van der Waals surface area contributed by atoms with Gasteiger partial charge in [-0.3, -0.25) is 0 Å². The average molecular weight is 539 g/mol. The number of anilines is 2. The molecule has 0 saturated carbocycles. The van der Waals surface area contributed by atoms with E-state index in [1.54, 1.807) is 29.4 Å². The zero-order valence-electron chi connectivity index (χ0n) is 21.6. The Hall–Kier alpha value is -3.98. The van der Waals surface area contributed by atoms with Crippen LogP contribution in [0, 0.1) is 18.3 Å². The van der Waals surface area contributed by atoms with Gasteiger partial charge < -0.3 is 19.9 Å². The van der Waals surface area contributed by atoms with Crippen molar-refractivity contribution in [3.05, 3.63) is 64.9 Å². The molecule has 0 radical (unpaired) electrons. The van der Waals surface area contributed by atoms with Gasteiger partial charge in [0.15, 0.2) is 12.4 Å². The summed E-state index contributed by atoms with van der Waals surface area (Å²) in [7, 11) is 0. The van der Waals surface area contributed by atoms with E-state index < -0.39 is 11.7 Å². The summed E-state index contributed by atoms with van der Waals surface area (Å²) in [4.78, 5) is 21.7. The van der Waals surface area contributed by atoms with Crippen LogP contribution in [-0.2, 0) is 25.7 Å². The number of alkyl halides is 3. The molecule has 2 aliphatic heterocycles. The van der Waals surface area contributed by atoms with Crippen LogP contribution in [-0.4, -0.2) is 52.2 Å². The Morgan fingerprint density at radius 3 is 2.72 bits per heavy atom. The van der Waals surface area contributed by atoms with Crippen LogP contribution in [0.5, 0.6) is 6.01 Å². The molecule has 1 saturated heterocycles. The molecule has 0 spiro atoms. The summed E-state index contributed by atoms with van der Waals surface area (Å²) in [6, 6.07) is 8.69. The Morgan fingerprint density at radius 2 is 1.95 bits per heavy atom. The molecule has 39 heavy (non-hydrogen) atoms. The summed E-state index contributed by atoms with van der Waals surface area (Å²) >= 11 is 0. The molecular weight excluding hydrogens is 509 g/mol. The number of nitrogens with one attached hydrogen (secondary N) is 1. The SMILES string of the molecule is Cc1cccc(N2CCCc3c(nc(OCc4ncccn4)nc3N3CCNC(CC#N)C3)C2)c1C(F)(F)F. The third-order valence-corrected chi connectivity index (χ3v) is 6.96. The fourth-order valence-electron chi connectivity index (χ4n) is 5.20.